The molecular formula is C15H21NO2S. The van der Waals surface area contributed by atoms with E-state index in [4.69, 9.17) is 4.74 Å². The highest BCUT2D eigenvalue weighted by molar-refractivity contribution is 7.80. The highest BCUT2D eigenvalue weighted by Gasteiger charge is 2.42. The van der Waals surface area contributed by atoms with Gasteiger partial charge >= 0.3 is 0 Å². The molecule has 1 aliphatic carbocycles. The van der Waals surface area contributed by atoms with Gasteiger partial charge in [0.05, 0.1) is 7.11 Å². The summed E-state index contributed by atoms with van der Waals surface area (Å²) in [5, 5.41) is 2.99. The SMILES string of the molecule is COc1ccc(CCNC(=O)CC2(CS)CC2)cc1. The molecule has 0 spiro atoms. The molecule has 1 aromatic carbocycles. The smallest absolute Gasteiger partial charge is 0.220 e. The van der Waals surface area contributed by atoms with Crippen LogP contribution in [0.25, 0.3) is 0 Å². The van der Waals surface area contributed by atoms with E-state index >= 15 is 0 Å². The summed E-state index contributed by atoms with van der Waals surface area (Å²) in [5.74, 6) is 1.83. The maximum atomic E-state index is 11.8. The van der Waals surface area contributed by atoms with Crippen molar-refractivity contribution in [3.8, 4) is 5.75 Å². The summed E-state index contributed by atoms with van der Waals surface area (Å²) < 4.78 is 5.11. The Hall–Kier alpha value is -1.16. The summed E-state index contributed by atoms with van der Waals surface area (Å²) in [6.07, 6.45) is 3.76. The maximum Gasteiger partial charge on any atom is 0.220 e. The van der Waals surface area contributed by atoms with Gasteiger partial charge in [0.15, 0.2) is 0 Å². The van der Waals surface area contributed by atoms with E-state index in [1.165, 1.54) is 5.56 Å². The van der Waals surface area contributed by atoms with Crippen LogP contribution in [0, 0.1) is 5.41 Å². The van der Waals surface area contributed by atoms with E-state index < -0.39 is 0 Å². The summed E-state index contributed by atoms with van der Waals surface area (Å²) in [4.78, 5) is 11.8. The minimum atomic E-state index is 0.153. The predicted molar refractivity (Wildman–Crippen MR) is 79.8 cm³/mol. The van der Waals surface area contributed by atoms with Crippen LogP contribution in [0.3, 0.4) is 0 Å². The van der Waals surface area contributed by atoms with Crippen molar-refractivity contribution in [2.45, 2.75) is 25.7 Å². The van der Waals surface area contributed by atoms with Crippen molar-refractivity contribution >= 4 is 18.5 Å². The molecule has 104 valence electrons. The summed E-state index contributed by atoms with van der Waals surface area (Å²) in [7, 11) is 1.66. The topological polar surface area (TPSA) is 38.3 Å². The molecule has 2 rings (SSSR count). The van der Waals surface area contributed by atoms with Gasteiger partial charge in [-0.05, 0) is 48.1 Å². The molecule has 0 unspecified atom stereocenters. The molecule has 1 amide bonds. The molecule has 19 heavy (non-hydrogen) atoms. The fraction of sp³-hybridized carbons (Fsp3) is 0.533. The van der Waals surface area contributed by atoms with Crippen LogP contribution in [0.15, 0.2) is 24.3 Å². The second-order valence-corrected chi connectivity index (χ2v) is 5.60. The lowest BCUT2D eigenvalue weighted by molar-refractivity contribution is -0.122. The molecule has 0 bridgehead atoms. The van der Waals surface area contributed by atoms with Gasteiger partial charge in [0.25, 0.3) is 0 Å². The van der Waals surface area contributed by atoms with Gasteiger partial charge in [-0.3, -0.25) is 4.79 Å². The first kappa shape index (κ1) is 14.3. The quantitative estimate of drug-likeness (QED) is 0.753. The van der Waals surface area contributed by atoms with Crippen molar-refractivity contribution in [3.63, 3.8) is 0 Å². The number of carbonyl (C=O) groups is 1. The fourth-order valence-corrected chi connectivity index (χ4v) is 2.54. The summed E-state index contributed by atoms with van der Waals surface area (Å²) in [6.45, 7) is 0.688. The Bertz CT molecular complexity index is 426. The zero-order valence-corrected chi connectivity index (χ0v) is 12.2. The normalized spacial score (nSPS) is 15.9. The zero-order valence-electron chi connectivity index (χ0n) is 11.3. The second kappa shape index (κ2) is 6.33. The summed E-state index contributed by atoms with van der Waals surface area (Å²) >= 11 is 4.31. The Labute approximate surface area is 120 Å². The highest BCUT2D eigenvalue weighted by Crippen LogP contribution is 2.49. The van der Waals surface area contributed by atoms with Gasteiger partial charge in [0, 0.05) is 13.0 Å². The Morgan fingerprint density at radius 2 is 2.05 bits per heavy atom. The molecule has 0 aromatic heterocycles. The second-order valence-electron chi connectivity index (χ2n) is 5.28. The van der Waals surface area contributed by atoms with Crippen molar-refractivity contribution in [1.82, 2.24) is 5.32 Å². The molecule has 1 aromatic rings. The Kier molecular flexibility index (Phi) is 4.75. The number of rotatable bonds is 7. The van der Waals surface area contributed by atoms with E-state index in [0.29, 0.717) is 13.0 Å². The van der Waals surface area contributed by atoms with E-state index in [1.807, 2.05) is 24.3 Å². The van der Waals surface area contributed by atoms with Crippen molar-refractivity contribution in [2.24, 2.45) is 5.41 Å². The Balaban J connectivity index is 1.69. The molecule has 0 saturated heterocycles. The number of nitrogens with one attached hydrogen (secondary N) is 1. The molecule has 0 atom stereocenters. The maximum absolute atomic E-state index is 11.8. The third kappa shape index (κ3) is 4.16. The molecule has 1 N–H and O–H groups in total. The zero-order chi connectivity index (χ0) is 13.7. The molecular weight excluding hydrogens is 258 g/mol. The summed E-state index contributed by atoms with van der Waals surface area (Å²) in [5.41, 5.74) is 1.41. The molecule has 1 saturated carbocycles. The molecule has 0 aliphatic heterocycles. The average molecular weight is 279 g/mol. The van der Waals surface area contributed by atoms with Crippen LogP contribution >= 0.6 is 12.6 Å². The van der Waals surface area contributed by atoms with Gasteiger partial charge < -0.3 is 10.1 Å². The largest absolute Gasteiger partial charge is 0.497 e. The van der Waals surface area contributed by atoms with E-state index in [1.54, 1.807) is 7.11 Å². The van der Waals surface area contributed by atoms with Crippen molar-refractivity contribution in [3.05, 3.63) is 29.8 Å². The number of carbonyl (C=O) groups excluding carboxylic acids is 1. The van der Waals surface area contributed by atoms with Crippen molar-refractivity contribution < 1.29 is 9.53 Å². The van der Waals surface area contributed by atoms with Crippen LogP contribution in [0.5, 0.6) is 5.75 Å². The number of methoxy groups -OCH3 is 1. The number of thiol groups is 1. The first-order valence-electron chi connectivity index (χ1n) is 6.68. The molecule has 0 heterocycles. The predicted octanol–water partition coefficient (Wildman–Crippen LogP) is 2.45. The van der Waals surface area contributed by atoms with Gasteiger partial charge in [-0.2, -0.15) is 12.6 Å². The van der Waals surface area contributed by atoms with Crippen LogP contribution in [0.2, 0.25) is 0 Å². The minimum Gasteiger partial charge on any atom is -0.497 e. The third-order valence-electron chi connectivity index (χ3n) is 3.72. The van der Waals surface area contributed by atoms with Gasteiger partial charge in [-0.1, -0.05) is 12.1 Å². The number of amides is 1. The lowest BCUT2D eigenvalue weighted by Gasteiger charge is -2.11. The summed E-state index contributed by atoms with van der Waals surface area (Å²) in [6, 6.07) is 7.94. The van der Waals surface area contributed by atoms with Crippen molar-refractivity contribution in [1.29, 1.82) is 0 Å². The van der Waals surface area contributed by atoms with Crippen LogP contribution in [0.4, 0.5) is 0 Å². The monoisotopic (exact) mass is 279 g/mol. The third-order valence-corrected chi connectivity index (χ3v) is 4.39. The first-order valence-corrected chi connectivity index (χ1v) is 7.31. The fourth-order valence-electron chi connectivity index (χ4n) is 2.11. The van der Waals surface area contributed by atoms with Gasteiger partial charge in [0.2, 0.25) is 5.91 Å². The number of ether oxygens (including phenoxy) is 1. The Morgan fingerprint density at radius 3 is 2.58 bits per heavy atom. The van der Waals surface area contributed by atoms with Crippen LogP contribution < -0.4 is 10.1 Å². The molecule has 0 radical (unpaired) electrons. The number of benzene rings is 1. The molecule has 4 heteroatoms. The first-order chi connectivity index (χ1) is 9.17. The lowest BCUT2D eigenvalue weighted by atomic mass is 10.1. The minimum absolute atomic E-state index is 0.153. The van der Waals surface area contributed by atoms with Gasteiger partial charge in [0.1, 0.15) is 5.75 Å². The highest BCUT2D eigenvalue weighted by atomic mass is 32.1. The number of hydrogen-bond acceptors (Lipinski definition) is 3. The average Bonchev–Trinajstić information content (AvgIpc) is 3.20. The van der Waals surface area contributed by atoms with Gasteiger partial charge in [-0.15, -0.1) is 0 Å². The Morgan fingerprint density at radius 1 is 1.37 bits per heavy atom. The van der Waals surface area contributed by atoms with E-state index in [2.05, 4.69) is 17.9 Å². The van der Waals surface area contributed by atoms with Crippen LogP contribution in [-0.2, 0) is 11.2 Å². The lowest BCUT2D eigenvalue weighted by Crippen LogP contribution is -2.28. The number of hydrogen-bond donors (Lipinski definition) is 2. The molecule has 1 fully saturated rings. The standard InChI is InChI=1S/C15H21NO2S/c1-18-13-4-2-12(3-5-13)6-9-16-14(17)10-15(11-19)7-8-15/h2-5,19H,6-11H2,1H3,(H,16,17). The van der Waals surface area contributed by atoms with E-state index in [9.17, 15) is 4.79 Å². The van der Waals surface area contributed by atoms with E-state index in [0.717, 1.165) is 30.8 Å². The molecule has 1 aliphatic rings. The molecule has 3 nitrogen and oxygen atoms in total. The van der Waals surface area contributed by atoms with Gasteiger partial charge in [-0.25, -0.2) is 0 Å². The van der Waals surface area contributed by atoms with Crippen LogP contribution in [-0.4, -0.2) is 25.3 Å². The van der Waals surface area contributed by atoms with E-state index in [-0.39, 0.29) is 11.3 Å². The van der Waals surface area contributed by atoms with Crippen LogP contribution in [0.1, 0.15) is 24.8 Å². The van der Waals surface area contributed by atoms with Crippen molar-refractivity contribution in [2.75, 3.05) is 19.4 Å².